The maximum Gasteiger partial charge on any atom is 0.234 e. The van der Waals surface area contributed by atoms with E-state index in [4.69, 9.17) is 4.74 Å². The number of nitrogens with one attached hydrogen (secondary N) is 2. The molecule has 2 N–H and O–H groups in total. The van der Waals surface area contributed by atoms with Crippen molar-refractivity contribution in [1.29, 1.82) is 0 Å². The Morgan fingerprint density at radius 3 is 2.63 bits per heavy atom. The molecule has 1 rings (SSSR count). The highest BCUT2D eigenvalue weighted by molar-refractivity contribution is 9.11. The first kappa shape index (κ1) is 16.5. The molecule has 0 aliphatic rings. The molecule has 0 radical (unpaired) electrons. The first-order valence-corrected chi connectivity index (χ1v) is 7.54. The van der Waals surface area contributed by atoms with Gasteiger partial charge in [0.1, 0.15) is 5.75 Å². The van der Waals surface area contributed by atoms with Crippen molar-refractivity contribution < 1.29 is 9.53 Å². The van der Waals surface area contributed by atoms with Crippen LogP contribution in [0.1, 0.15) is 19.4 Å². The molecule has 1 aromatic carbocycles. The van der Waals surface area contributed by atoms with E-state index < -0.39 is 0 Å². The lowest BCUT2D eigenvalue weighted by Crippen LogP contribution is -2.37. The highest BCUT2D eigenvalue weighted by Gasteiger charge is 2.10. The predicted octanol–water partition coefficient (Wildman–Crippen LogP) is 2.83. The molecule has 0 aliphatic heterocycles. The summed E-state index contributed by atoms with van der Waals surface area (Å²) < 4.78 is 7.19. The van der Waals surface area contributed by atoms with Crippen molar-refractivity contribution in [3.05, 3.63) is 26.6 Å². The Labute approximate surface area is 130 Å². The summed E-state index contributed by atoms with van der Waals surface area (Å²) >= 11 is 6.89. The summed E-state index contributed by atoms with van der Waals surface area (Å²) in [6.45, 7) is 4.72. The number of hydrogen-bond donors (Lipinski definition) is 2. The lowest BCUT2D eigenvalue weighted by atomic mass is 10.2. The first-order chi connectivity index (χ1) is 8.93. The van der Waals surface area contributed by atoms with Crippen LogP contribution in [0.15, 0.2) is 21.1 Å². The van der Waals surface area contributed by atoms with Crippen molar-refractivity contribution >= 4 is 37.8 Å². The van der Waals surface area contributed by atoms with Gasteiger partial charge in [-0.2, -0.15) is 0 Å². The third-order valence-electron chi connectivity index (χ3n) is 2.34. The van der Waals surface area contributed by atoms with Crippen molar-refractivity contribution in [1.82, 2.24) is 10.6 Å². The van der Waals surface area contributed by atoms with E-state index in [1.54, 1.807) is 7.11 Å². The third kappa shape index (κ3) is 5.50. The van der Waals surface area contributed by atoms with Gasteiger partial charge in [-0.05, 0) is 41.9 Å². The lowest BCUT2D eigenvalue weighted by Gasteiger charge is -2.13. The summed E-state index contributed by atoms with van der Waals surface area (Å²) in [6.07, 6.45) is 0. The van der Waals surface area contributed by atoms with Crippen LogP contribution in [0.2, 0.25) is 0 Å². The molecule has 106 valence electrons. The minimum Gasteiger partial charge on any atom is -0.495 e. The molecule has 6 heteroatoms. The van der Waals surface area contributed by atoms with Gasteiger partial charge in [-0.3, -0.25) is 4.79 Å². The van der Waals surface area contributed by atoms with Crippen LogP contribution in [0.25, 0.3) is 0 Å². The zero-order chi connectivity index (χ0) is 14.4. The summed E-state index contributed by atoms with van der Waals surface area (Å²) in [5.74, 6) is 0.767. The molecule has 0 saturated heterocycles. The molecule has 0 saturated carbocycles. The zero-order valence-electron chi connectivity index (χ0n) is 11.2. The Balaban J connectivity index is 2.60. The van der Waals surface area contributed by atoms with Crippen LogP contribution >= 0.6 is 31.9 Å². The molecule has 0 unspecified atom stereocenters. The SMILES string of the molecule is COc1c(Br)cc(Br)cc1CNCC(=O)NC(C)C. The molecule has 0 aliphatic carbocycles. The Morgan fingerprint density at radius 2 is 2.05 bits per heavy atom. The molecular formula is C13H18Br2N2O2. The van der Waals surface area contributed by atoms with Crippen molar-refractivity contribution in [2.45, 2.75) is 26.4 Å². The normalized spacial score (nSPS) is 10.6. The van der Waals surface area contributed by atoms with Gasteiger partial charge in [0.25, 0.3) is 0 Å². The highest BCUT2D eigenvalue weighted by Crippen LogP contribution is 2.32. The highest BCUT2D eigenvalue weighted by atomic mass is 79.9. The van der Waals surface area contributed by atoms with Gasteiger partial charge in [-0.1, -0.05) is 15.9 Å². The third-order valence-corrected chi connectivity index (χ3v) is 3.39. The monoisotopic (exact) mass is 392 g/mol. The average Bonchev–Trinajstić information content (AvgIpc) is 2.27. The molecule has 0 heterocycles. The summed E-state index contributed by atoms with van der Waals surface area (Å²) in [7, 11) is 1.63. The van der Waals surface area contributed by atoms with Gasteiger partial charge >= 0.3 is 0 Å². The second-order valence-corrected chi connectivity index (χ2v) is 6.18. The number of hydrogen-bond acceptors (Lipinski definition) is 3. The van der Waals surface area contributed by atoms with E-state index in [0.29, 0.717) is 6.54 Å². The van der Waals surface area contributed by atoms with Crippen LogP contribution in [-0.2, 0) is 11.3 Å². The molecule has 0 spiro atoms. The van der Waals surface area contributed by atoms with Crippen molar-refractivity contribution in [2.24, 2.45) is 0 Å². The molecule has 0 fully saturated rings. The first-order valence-electron chi connectivity index (χ1n) is 5.96. The number of methoxy groups -OCH3 is 1. The number of amides is 1. The molecule has 0 atom stereocenters. The van der Waals surface area contributed by atoms with Gasteiger partial charge in [0.15, 0.2) is 0 Å². The maximum atomic E-state index is 11.5. The molecule has 1 aromatic rings. The number of carbonyl (C=O) groups excluding carboxylic acids is 1. The van der Waals surface area contributed by atoms with Crippen LogP contribution in [-0.4, -0.2) is 25.6 Å². The lowest BCUT2D eigenvalue weighted by molar-refractivity contribution is -0.120. The molecular weight excluding hydrogens is 376 g/mol. The standard InChI is InChI=1S/C13H18Br2N2O2/c1-8(2)17-12(18)7-16-6-9-4-10(14)5-11(15)13(9)19-3/h4-5,8,16H,6-7H2,1-3H3,(H,17,18). The van der Waals surface area contributed by atoms with E-state index in [2.05, 4.69) is 42.5 Å². The van der Waals surface area contributed by atoms with Crippen LogP contribution in [0.5, 0.6) is 5.75 Å². The Morgan fingerprint density at radius 1 is 1.37 bits per heavy atom. The van der Waals surface area contributed by atoms with Crippen molar-refractivity contribution in [3.8, 4) is 5.75 Å². The van der Waals surface area contributed by atoms with Gasteiger partial charge in [0.05, 0.1) is 18.1 Å². The minimum atomic E-state index is -0.0111. The van der Waals surface area contributed by atoms with E-state index in [-0.39, 0.29) is 18.5 Å². The van der Waals surface area contributed by atoms with Crippen LogP contribution in [0, 0.1) is 0 Å². The van der Waals surface area contributed by atoms with E-state index >= 15 is 0 Å². The predicted molar refractivity (Wildman–Crippen MR) is 83.4 cm³/mol. The van der Waals surface area contributed by atoms with E-state index in [9.17, 15) is 4.79 Å². The smallest absolute Gasteiger partial charge is 0.234 e. The number of halogens is 2. The van der Waals surface area contributed by atoms with Crippen LogP contribution in [0.4, 0.5) is 0 Å². The van der Waals surface area contributed by atoms with Gasteiger partial charge in [-0.15, -0.1) is 0 Å². The van der Waals surface area contributed by atoms with Gasteiger partial charge in [0.2, 0.25) is 5.91 Å². The molecule has 0 aromatic heterocycles. The number of rotatable bonds is 6. The number of benzene rings is 1. The quantitative estimate of drug-likeness (QED) is 0.781. The van der Waals surface area contributed by atoms with E-state index in [1.807, 2.05) is 26.0 Å². The topological polar surface area (TPSA) is 50.4 Å². The Hall–Kier alpha value is -0.590. The van der Waals surface area contributed by atoms with Crippen molar-refractivity contribution in [3.63, 3.8) is 0 Å². The summed E-state index contributed by atoms with van der Waals surface area (Å²) in [5, 5.41) is 5.93. The van der Waals surface area contributed by atoms with Crippen molar-refractivity contribution in [2.75, 3.05) is 13.7 Å². The second-order valence-electron chi connectivity index (χ2n) is 4.41. The van der Waals surface area contributed by atoms with Gasteiger partial charge in [-0.25, -0.2) is 0 Å². The van der Waals surface area contributed by atoms with Gasteiger partial charge in [0, 0.05) is 22.6 Å². The molecule has 19 heavy (non-hydrogen) atoms. The molecule has 4 nitrogen and oxygen atoms in total. The Kier molecular flexibility index (Phi) is 6.82. The average molecular weight is 394 g/mol. The fraction of sp³-hybridized carbons (Fsp3) is 0.462. The zero-order valence-corrected chi connectivity index (χ0v) is 14.4. The van der Waals surface area contributed by atoms with Crippen LogP contribution in [0.3, 0.4) is 0 Å². The Bertz CT molecular complexity index is 451. The minimum absolute atomic E-state index is 0.0111. The number of carbonyl (C=O) groups is 1. The van der Waals surface area contributed by atoms with E-state index in [0.717, 1.165) is 20.3 Å². The number of ether oxygens (including phenoxy) is 1. The maximum absolute atomic E-state index is 11.5. The summed E-state index contributed by atoms with van der Waals surface area (Å²) in [6, 6.07) is 4.05. The van der Waals surface area contributed by atoms with E-state index in [1.165, 1.54) is 0 Å². The van der Waals surface area contributed by atoms with Crippen LogP contribution < -0.4 is 15.4 Å². The van der Waals surface area contributed by atoms with Gasteiger partial charge < -0.3 is 15.4 Å². The molecule has 1 amide bonds. The summed E-state index contributed by atoms with van der Waals surface area (Å²) in [5.41, 5.74) is 0.987. The second kappa shape index (κ2) is 7.87. The largest absolute Gasteiger partial charge is 0.495 e. The summed E-state index contributed by atoms with van der Waals surface area (Å²) in [4.78, 5) is 11.5. The fourth-order valence-electron chi connectivity index (χ4n) is 1.66. The fourth-order valence-corrected chi connectivity index (χ4v) is 3.13. The molecule has 0 bridgehead atoms.